The van der Waals surface area contributed by atoms with E-state index in [1.807, 2.05) is 30.3 Å². The molecule has 1 heterocycles. The summed E-state index contributed by atoms with van der Waals surface area (Å²) in [6.07, 6.45) is 4.10. The molecule has 3 nitrogen and oxygen atoms in total. The molecule has 2 aromatic rings. The van der Waals surface area contributed by atoms with Crippen LogP contribution in [0.4, 0.5) is 0 Å². The molecule has 0 N–H and O–H groups in total. The molecular weight excluding hydrogens is 246 g/mol. The lowest BCUT2D eigenvalue weighted by atomic mass is 9.55. The van der Waals surface area contributed by atoms with Crippen molar-refractivity contribution in [2.45, 2.75) is 29.0 Å². The fourth-order valence-corrected chi connectivity index (χ4v) is 5.69. The van der Waals surface area contributed by atoms with Gasteiger partial charge in [-0.25, -0.2) is 13.4 Å². The van der Waals surface area contributed by atoms with Crippen LogP contribution in [0.2, 0.25) is 0 Å². The predicted octanol–water partition coefficient (Wildman–Crippen LogP) is 2.56. The lowest BCUT2D eigenvalue weighted by Crippen LogP contribution is -2.62. The van der Waals surface area contributed by atoms with E-state index in [1.54, 1.807) is 6.20 Å². The van der Waals surface area contributed by atoms with Crippen LogP contribution in [0.1, 0.15) is 19.3 Å². The van der Waals surface area contributed by atoms with Crippen molar-refractivity contribution in [3.05, 3.63) is 36.5 Å². The van der Waals surface area contributed by atoms with Crippen LogP contribution >= 0.6 is 0 Å². The molecule has 0 amide bonds. The second-order valence-electron chi connectivity index (χ2n) is 5.50. The van der Waals surface area contributed by atoms with E-state index in [-0.39, 0.29) is 5.03 Å². The molecule has 2 bridgehead atoms. The third-order valence-corrected chi connectivity index (χ3v) is 6.92. The number of rotatable bonds is 2. The van der Waals surface area contributed by atoms with Gasteiger partial charge in [0.2, 0.25) is 9.84 Å². The fourth-order valence-electron chi connectivity index (χ4n) is 3.24. The SMILES string of the molecule is O=S(=O)(c1nccc2ccccc12)C12CC(C1)C2. The molecular formula is C14H13NO2S. The number of pyridine rings is 1. The van der Waals surface area contributed by atoms with Crippen LogP contribution in [0.25, 0.3) is 10.8 Å². The Labute approximate surface area is 106 Å². The average molecular weight is 259 g/mol. The van der Waals surface area contributed by atoms with Gasteiger partial charge in [0.05, 0.1) is 4.75 Å². The van der Waals surface area contributed by atoms with E-state index in [0.29, 0.717) is 5.92 Å². The first-order valence-electron chi connectivity index (χ1n) is 6.21. The van der Waals surface area contributed by atoms with Gasteiger partial charge in [-0.15, -0.1) is 0 Å². The van der Waals surface area contributed by atoms with Gasteiger partial charge >= 0.3 is 0 Å². The summed E-state index contributed by atoms with van der Waals surface area (Å²) in [5.41, 5.74) is 0. The highest BCUT2D eigenvalue weighted by molar-refractivity contribution is 7.93. The topological polar surface area (TPSA) is 47.0 Å². The van der Waals surface area contributed by atoms with Crippen LogP contribution in [-0.4, -0.2) is 18.1 Å². The van der Waals surface area contributed by atoms with Crippen molar-refractivity contribution in [2.24, 2.45) is 5.92 Å². The van der Waals surface area contributed by atoms with Gasteiger partial charge in [-0.3, -0.25) is 0 Å². The highest BCUT2D eigenvalue weighted by atomic mass is 32.2. The van der Waals surface area contributed by atoms with Crippen LogP contribution in [0.5, 0.6) is 0 Å². The van der Waals surface area contributed by atoms with Gasteiger partial charge in [0, 0.05) is 11.6 Å². The number of hydrogen-bond acceptors (Lipinski definition) is 3. The molecule has 3 saturated carbocycles. The molecule has 5 rings (SSSR count). The molecule has 0 saturated heterocycles. The van der Waals surface area contributed by atoms with Crippen molar-refractivity contribution in [1.29, 1.82) is 0 Å². The van der Waals surface area contributed by atoms with Crippen molar-refractivity contribution >= 4 is 20.6 Å². The number of benzene rings is 1. The lowest BCUT2D eigenvalue weighted by Gasteiger charge is -2.60. The summed E-state index contributed by atoms with van der Waals surface area (Å²) < 4.78 is 25.0. The molecule has 0 radical (unpaired) electrons. The number of hydrogen-bond donors (Lipinski definition) is 0. The molecule has 0 aliphatic heterocycles. The summed E-state index contributed by atoms with van der Waals surface area (Å²) in [5.74, 6) is 0.648. The minimum Gasteiger partial charge on any atom is -0.244 e. The maximum Gasteiger partial charge on any atom is 0.201 e. The summed E-state index contributed by atoms with van der Waals surface area (Å²) in [6.45, 7) is 0. The second-order valence-corrected chi connectivity index (χ2v) is 7.76. The van der Waals surface area contributed by atoms with Gasteiger partial charge in [-0.05, 0) is 36.6 Å². The third kappa shape index (κ3) is 1.09. The van der Waals surface area contributed by atoms with E-state index in [1.165, 1.54) is 0 Å². The van der Waals surface area contributed by atoms with E-state index in [2.05, 4.69) is 4.98 Å². The lowest BCUT2D eigenvalue weighted by molar-refractivity contribution is 0.0482. The van der Waals surface area contributed by atoms with E-state index in [9.17, 15) is 8.42 Å². The Kier molecular flexibility index (Phi) is 1.82. The van der Waals surface area contributed by atoms with Crippen molar-refractivity contribution in [3.63, 3.8) is 0 Å². The normalized spacial score (nSPS) is 29.7. The minimum atomic E-state index is -3.27. The second kappa shape index (κ2) is 3.12. The average Bonchev–Trinajstić information content (AvgIpc) is 2.23. The van der Waals surface area contributed by atoms with Gasteiger partial charge in [0.25, 0.3) is 0 Å². The highest BCUT2D eigenvalue weighted by Crippen LogP contribution is 2.63. The first-order valence-corrected chi connectivity index (χ1v) is 7.69. The smallest absolute Gasteiger partial charge is 0.201 e. The van der Waals surface area contributed by atoms with Gasteiger partial charge in [0.1, 0.15) is 0 Å². The molecule has 1 aromatic heterocycles. The van der Waals surface area contributed by atoms with Crippen molar-refractivity contribution < 1.29 is 8.42 Å². The Hall–Kier alpha value is -1.42. The van der Waals surface area contributed by atoms with Gasteiger partial charge in [0.15, 0.2) is 5.03 Å². The number of aromatic nitrogens is 1. The summed E-state index contributed by atoms with van der Waals surface area (Å²) >= 11 is 0. The molecule has 0 unspecified atom stereocenters. The Morgan fingerprint density at radius 1 is 1.11 bits per heavy atom. The van der Waals surface area contributed by atoms with Crippen LogP contribution in [0.15, 0.2) is 41.6 Å². The van der Waals surface area contributed by atoms with Gasteiger partial charge in [-0.2, -0.15) is 0 Å². The predicted molar refractivity (Wildman–Crippen MR) is 69.0 cm³/mol. The molecule has 3 aliphatic carbocycles. The summed E-state index contributed by atoms with van der Waals surface area (Å²) in [7, 11) is -3.27. The Morgan fingerprint density at radius 3 is 2.50 bits per heavy atom. The summed E-state index contributed by atoms with van der Waals surface area (Å²) in [5, 5.41) is 1.97. The Morgan fingerprint density at radius 2 is 1.83 bits per heavy atom. The van der Waals surface area contributed by atoms with E-state index >= 15 is 0 Å². The maximum atomic E-state index is 12.7. The zero-order valence-corrected chi connectivity index (χ0v) is 10.7. The Balaban J connectivity index is 1.97. The molecule has 0 spiro atoms. The van der Waals surface area contributed by atoms with Crippen LogP contribution in [-0.2, 0) is 9.84 Å². The molecule has 1 aromatic carbocycles. The third-order valence-electron chi connectivity index (χ3n) is 4.44. The van der Waals surface area contributed by atoms with Gasteiger partial charge < -0.3 is 0 Å². The molecule has 3 fully saturated rings. The quantitative estimate of drug-likeness (QED) is 0.832. The first kappa shape index (κ1) is 10.5. The molecule has 18 heavy (non-hydrogen) atoms. The van der Waals surface area contributed by atoms with Crippen molar-refractivity contribution in [3.8, 4) is 0 Å². The Bertz CT molecular complexity index is 729. The number of nitrogens with zero attached hydrogens (tertiary/aromatic N) is 1. The van der Waals surface area contributed by atoms with E-state index < -0.39 is 14.6 Å². The van der Waals surface area contributed by atoms with Gasteiger partial charge in [-0.1, -0.05) is 24.3 Å². The van der Waals surface area contributed by atoms with E-state index in [4.69, 9.17) is 0 Å². The standard InChI is InChI=1S/C14H13NO2S/c16-18(17,14-7-10(8-14)9-14)13-12-4-2-1-3-11(12)5-6-15-13/h1-6,10H,7-9H2. The largest absolute Gasteiger partial charge is 0.244 e. The van der Waals surface area contributed by atoms with E-state index in [0.717, 1.165) is 30.0 Å². The fraction of sp³-hybridized carbons (Fsp3) is 0.357. The van der Waals surface area contributed by atoms with Crippen LogP contribution < -0.4 is 0 Å². The van der Waals surface area contributed by atoms with Crippen LogP contribution in [0.3, 0.4) is 0 Å². The zero-order valence-electron chi connectivity index (χ0n) is 9.83. The molecule has 3 aliphatic rings. The zero-order chi connectivity index (χ0) is 12.4. The molecule has 92 valence electrons. The maximum absolute atomic E-state index is 12.7. The number of sulfone groups is 1. The first-order chi connectivity index (χ1) is 8.62. The van der Waals surface area contributed by atoms with Crippen molar-refractivity contribution in [1.82, 2.24) is 4.98 Å². The molecule has 4 heteroatoms. The highest BCUT2D eigenvalue weighted by Gasteiger charge is 2.65. The van der Waals surface area contributed by atoms with Crippen LogP contribution in [0, 0.1) is 5.92 Å². The number of fused-ring (bicyclic) bond motifs is 1. The molecule has 0 atom stereocenters. The summed E-state index contributed by atoms with van der Waals surface area (Å²) in [6, 6.07) is 9.42. The monoisotopic (exact) mass is 259 g/mol. The minimum absolute atomic E-state index is 0.277. The van der Waals surface area contributed by atoms with Crippen molar-refractivity contribution in [2.75, 3.05) is 0 Å². The summed E-state index contributed by atoms with van der Waals surface area (Å²) in [4.78, 5) is 4.16.